The fraction of sp³-hybridized carbons (Fsp3) is 0.250. The number of hydrogen-bond donors (Lipinski definition) is 4. The third-order valence-corrected chi connectivity index (χ3v) is 4.70. The van der Waals surface area contributed by atoms with Crippen molar-refractivity contribution in [2.45, 2.75) is 18.6 Å². The number of carbonyl (C=O) groups excluding carboxylic acids is 1. The number of nitrogen functional groups attached to an aromatic ring is 1. The van der Waals surface area contributed by atoms with Crippen LogP contribution in [0.2, 0.25) is 0 Å². The summed E-state index contributed by atoms with van der Waals surface area (Å²) < 4.78 is 5.57. The summed E-state index contributed by atoms with van der Waals surface area (Å²) in [6.07, 6.45) is -0.883. The SMILES string of the molecule is CNC(c1ccc(CC(=O)O)cc1)C1CN(c2ccc(C(=N)N)cc2)C(=O)O1. The zero-order chi connectivity index (χ0) is 20.3. The van der Waals surface area contributed by atoms with Crippen molar-refractivity contribution < 1.29 is 19.4 Å². The molecular formula is C20H22N4O4. The molecule has 0 saturated carbocycles. The van der Waals surface area contributed by atoms with E-state index in [1.165, 1.54) is 4.90 Å². The molecule has 28 heavy (non-hydrogen) atoms. The molecule has 146 valence electrons. The van der Waals surface area contributed by atoms with E-state index in [0.29, 0.717) is 23.4 Å². The van der Waals surface area contributed by atoms with Crippen LogP contribution in [0.3, 0.4) is 0 Å². The molecule has 8 nitrogen and oxygen atoms in total. The molecule has 2 atom stereocenters. The molecule has 1 aliphatic rings. The van der Waals surface area contributed by atoms with Gasteiger partial charge >= 0.3 is 12.1 Å². The first-order valence-electron chi connectivity index (χ1n) is 8.79. The molecule has 0 aromatic heterocycles. The topological polar surface area (TPSA) is 129 Å². The number of nitrogens with zero attached hydrogens (tertiary/aromatic N) is 1. The van der Waals surface area contributed by atoms with Gasteiger partial charge in [0.2, 0.25) is 0 Å². The second-order valence-electron chi connectivity index (χ2n) is 6.57. The van der Waals surface area contributed by atoms with Gasteiger partial charge in [0.25, 0.3) is 0 Å². The van der Waals surface area contributed by atoms with Crippen LogP contribution in [0, 0.1) is 5.41 Å². The minimum absolute atomic E-state index is 0.0324. The van der Waals surface area contributed by atoms with Gasteiger partial charge in [-0.25, -0.2) is 4.79 Å². The Morgan fingerprint density at radius 3 is 2.46 bits per heavy atom. The first-order chi connectivity index (χ1) is 13.4. The summed E-state index contributed by atoms with van der Waals surface area (Å²) in [4.78, 5) is 24.7. The number of rotatable bonds is 7. The number of carboxylic acids is 1. The lowest BCUT2D eigenvalue weighted by Gasteiger charge is -2.22. The van der Waals surface area contributed by atoms with Crippen molar-refractivity contribution in [1.29, 1.82) is 5.41 Å². The van der Waals surface area contributed by atoms with Crippen molar-refractivity contribution in [3.05, 3.63) is 65.2 Å². The molecular weight excluding hydrogens is 360 g/mol. The molecule has 8 heteroatoms. The fourth-order valence-electron chi connectivity index (χ4n) is 3.27. The first-order valence-corrected chi connectivity index (χ1v) is 8.79. The normalized spacial score (nSPS) is 17.2. The number of amides is 1. The molecule has 1 amide bonds. The number of hydrogen-bond acceptors (Lipinski definition) is 5. The number of cyclic esters (lactones) is 1. The molecule has 0 aliphatic carbocycles. The number of anilines is 1. The zero-order valence-corrected chi connectivity index (χ0v) is 15.4. The van der Waals surface area contributed by atoms with Gasteiger partial charge < -0.3 is 20.9 Å². The summed E-state index contributed by atoms with van der Waals surface area (Å²) >= 11 is 0. The van der Waals surface area contributed by atoms with Crippen LogP contribution < -0.4 is 16.0 Å². The van der Waals surface area contributed by atoms with Crippen LogP contribution in [0.1, 0.15) is 22.7 Å². The average molecular weight is 382 g/mol. The highest BCUT2D eigenvalue weighted by Crippen LogP contribution is 2.29. The van der Waals surface area contributed by atoms with E-state index in [-0.39, 0.29) is 18.3 Å². The maximum absolute atomic E-state index is 12.4. The molecule has 1 heterocycles. The third kappa shape index (κ3) is 4.12. The Hall–Kier alpha value is -3.39. The molecule has 2 unspecified atom stereocenters. The van der Waals surface area contributed by atoms with Crippen molar-refractivity contribution in [2.24, 2.45) is 5.73 Å². The molecule has 2 aromatic rings. The van der Waals surface area contributed by atoms with Gasteiger partial charge in [-0.1, -0.05) is 24.3 Å². The molecule has 1 fully saturated rings. The summed E-state index contributed by atoms with van der Waals surface area (Å²) in [6.45, 7) is 0.362. The number of likely N-dealkylation sites (N-methyl/N-ethyl adjacent to an activating group) is 1. The van der Waals surface area contributed by atoms with Crippen LogP contribution in [0.25, 0.3) is 0 Å². The predicted molar refractivity (Wildman–Crippen MR) is 105 cm³/mol. The van der Waals surface area contributed by atoms with Crippen LogP contribution in [-0.4, -0.2) is 42.7 Å². The van der Waals surface area contributed by atoms with Crippen molar-refractivity contribution in [2.75, 3.05) is 18.5 Å². The second kappa shape index (κ2) is 8.10. The van der Waals surface area contributed by atoms with E-state index in [0.717, 1.165) is 5.56 Å². The number of ether oxygens (including phenoxy) is 1. The van der Waals surface area contributed by atoms with E-state index in [4.69, 9.17) is 21.0 Å². The maximum atomic E-state index is 12.4. The van der Waals surface area contributed by atoms with E-state index in [2.05, 4.69) is 5.32 Å². The Morgan fingerprint density at radius 1 is 1.29 bits per heavy atom. The highest BCUT2D eigenvalue weighted by atomic mass is 16.6. The van der Waals surface area contributed by atoms with Gasteiger partial charge in [-0.15, -0.1) is 0 Å². The zero-order valence-electron chi connectivity index (χ0n) is 15.4. The number of benzene rings is 2. The molecule has 0 radical (unpaired) electrons. The van der Waals surface area contributed by atoms with Crippen molar-refractivity contribution in [3.8, 4) is 0 Å². The Morgan fingerprint density at radius 2 is 1.93 bits per heavy atom. The van der Waals surface area contributed by atoms with E-state index >= 15 is 0 Å². The van der Waals surface area contributed by atoms with Crippen LogP contribution in [0.4, 0.5) is 10.5 Å². The second-order valence-corrected chi connectivity index (χ2v) is 6.57. The van der Waals surface area contributed by atoms with E-state index in [1.54, 1.807) is 43.4 Å². The first kappa shape index (κ1) is 19.4. The highest BCUT2D eigenvalue weighted by molar-refractivity contribution is 5.96. The van der Waals surface area contributed by atoms with Crippen LogP contribution in [0.15, 0.2) is 48.5 Å². The van der Waals surface area contributed by atoms with Gasteiger partial charge in [-0.2, -0.15) is 0 Å². The van der Waals surface area contributed by atoms with Gasteiger partial charge in [0.05, 0.1) is 19.0 Å². The average Bonchev–Trinajstić information content (AvgIpc) is 3.04. The molecule has 0 spiro atoms. The number of carboxylic acid groups (broad SMARTS) is 1. The summed E-state index contributed by atoms with van der Waals surface area (Å²) in [5.41, 5.74) is 8.33. The fourth-order valence-corrected chi connectivity index (χ4v) is 3.27. The van der Waals surface area contributed by atoms with Crippen molar-refractivity contribution in [3.63, 3.8) is 0 Å². The predicted octanol–water partition coefficient (Wildman–Crippen LogP) is 1.88. The minimum Gasteiger partial charge on any atom is -0.481 e. The summed E-state index contributed by atoms with van der Waals surface area (Å²) in [5.74, 6) is -0.913. The van der Waals surface area contributed by atoms with Gasteiger partial charge in [0.1, 0.15) is 11.9 Å². The summed E-state index contributed by atoms with van der Waals surface area (Å²) in [5, 5.41) is 19.5. The number of nitrogens with two attached hydrogens (primary N) is 1. The lowest BCUT2D eigenvalue weighted by atomic mass is 9.99. The lowest BCUT2D eigenvalue weighted by Crippen LogP contribution is -2.33. The summed E-state index contributed by atoms with van der Waals surface area (Å²) in [6, 6.07) is 13.8. The van der Waals surface area contributed by atoms with E-state index in [1.807, 2.05) is 12.1 Å². The number of carbonyl (C=O) groups is 2. The van der Waals surface area contributed by atoms with Gasteiger partial charge in [0.15, 0.2) is 0 Å². The quantitative estimate of drug-likeness (QED) is 0.427. The smallest absolute Gasteiger partial charge is 0.414 e. The van der Waals surface area contributed by atoms with Crippen LogP contribution in [0.5, 0.6) is 0 Å². The Kier molecular flexibility index (Phi) is 5.60. The van der Waals surface area contributed by atoms with Crippen LogP contribution >= 0.6 is 0 Å². The van der Waals surface area contributed by atoms with Gasteiger partial charge in [-0.05, 0) is 42.4 Å². The highest BCUT2D eigenvalue weighted by Gasteiger charge is 2.37. The van der Waals surface area contributed by atoms with Crippen molar-refractivity contribution in [1.82, 2.24) is 5.32 Å². The maximum Gasteiger partial charge on any atom is 0.414 e. The largest absolute Gasteiger partial charge is 0.481 e. The Bertz CT molecular complexity index is 880. The molecule has 2 aromatic carbocycles. The Balaban J connectivity index is 1.75. The Labute approximate surface area is 162 Å². The molecule has 5 N–H and O–H groups in total. The molecule has 3 rings (SSSR count). The molecule has 1 aliphatic heterocycles. The lowest BCUT2D eigenvalue weighted by molar-refractivity contribution is -0.136. The van der Waals surface area contributed by atoms with Crippen molar-refractivity contribution >= 4 is 23.6 Å². The molecule has 0 bridgehead atoms. The molecule has 1 saturated heterocycles. The number of nitrogens with one attached hydrogen (secondary N) is 2. The van der Waals surface area contributed by atoms with E-state index in [9.17, 15) is 9.59 Å². The standard InChI is InChI=1S/C20H22N4O4/c1-23-18(13-4-2-12(3-5-13)10-17(25)26)16-11-24(20(27)28-16)15-8-6-14(7-9-15)19(21)22/h2-9,16,18,23H,10-11H2,1H3,(H3,21,22)(H,25,26). The number of aliphatic carboxylic acids is 1. The monoisotopic (exact) mass is 382 g/mol. The number of amidine groups is 1. The van der Waals surface area contributed by atoms with Crippen LogP contribution in [-0.2, 0) is 16.0 Å². The van der Waals surface area contributed by atoms with Gasteiger partial charge in [-0.3, -0.25) is 15.1 Å². The van der Waals surface area contributed by atoms with E-state index < -0.39 is 18.2 Å². The van der Waals surface area contributed by atoms with Gasteiger partial charge in [0, 0.05) is 11.3 Å². The summed E-state index contributed by atoms with van der Waals surface area (Å²) in [7, 11) is 1.79. The minimum atomic E-state index is -0.880. The third-order valence-electron chi connectivity index (χ3n) is 4.70.